The third-order valence-corrected chi connectivity index (χ3v) is 2.84. The number of halogens is 1. The minimum Gasteiger partial charge on any atom is -0.496 e. The van der Waals surface area contributed by atoms with Crippen LogP contribution in [0.5, 0.6) is 5.75 Å². The van der Waals surface area contributed by atoms with Crippen LogP contribution in [0.3, 0.4) is 0 Å². The third-order valence-electron chi connectivity index (χ3n) is 2.22. The minimum atomic E-state index is -0.936. The fraction of sp³-hybridized carbons (Fsp3) is 0.250. The van der Waals surface area contributed by atoms with Crippen LogP contribution in [0.4, 0.5) is 5.69 Å². The molecule has 0 bridgehead atoms. The van der Waals surface area contributed by atoms with Crippen molar-refractivity contribution in [3.63, 3.8) is 0 Å². The van der Waals surface area contributed by atoms with E-state index in [2.05, 4.69) is 15.9 Å². The van der Waals surface area contributed by atoms with Gasteiger partial charge in [0, 0.05) is 25.4 Å². The Morgan fingerprint density at radius 2 is 2.29 bits per heavy atom. The Balaban J connectivity index is 2.72. The third kappa shape index (κ3) is 4.11. The van der Waals surface area contributed by atoms with Crippen LogP contribution in [0.15, 0.2) is 34.8 Å². The Hall–Kier alpha value is -1.49. The van der Waals surface area contributed by atoms with Crippen molar-refractivity contribution in [1.82, 2.24) is 0 Å². The summed E-state index contributed by atoms with van der Waals surface area (Å²) >= 11 is 3.40. The SMILES string of the molecule is COc1ccc(N(C)C/C=C/C(=O)O)cc1Br. The van der Waals surface area contributed by atoms with Gasteiger partial charge in [0.05, 0.1) is 11.6 Å². The molecular weight excluding hydrogens is 286 g/mol. The summed E-state index contributed by atoms with van der Waals surface area (Å²) < 4.78 is 6.00. The lowest BCUT2D eigenvalue weighted by atomic mass is 10.3. The number of benzene rings is 1. The van der Waals surface area contributed by atoms with E-state index in [0.717, 1.165) is 22.0 Å². The van der Waals surface area contributed by atoms with Crippen LogP contribution in [0.2, 0.25) is 0 Å². The van der Waals surface area contributed by atoms with Crippen LogP contribution in [-0.2, 0) is 4.79 Å². The Bertz CT molecular complexity index is 432. The van der Waals surface area contributed by atoms with Crippen molar-refractivity contribution in [3.05, 3.63) is 34.8 Å². The van der Waals surface area contributed by atoms with E-state index in [9.17, 15) is 4.79 Å². The van der Waals surface area contributed by atoms with Crippen molar-refractivity contribution in [2.45, 2.75) is 0 Å². The van der Waals surface area contributed by atoms with Gasteiger partial charge in [-0.3, -0.25) is 0 Å². The van der Waals surface area contributed by atoms with Crippen LogP contribution in [0.1, 0.15) is 0 Å². The second-order valence-corrected chi connectivity index (χ2v) is 4.29. The molecule has 0 fully saturated rings. The summed E-state index contributed by atoms with van der Waals surface area (Å²) in [5, 5.41) is 8.48. The predicted octanol–water partition coefficient (Wildman–Crippen LogP) is 2.53. The first-order chi connectivity index (χ1) is 8.04. The molecule has 0 unspecified atom stereocenters. The zero-order chi connectivity index (χ0) is 12.8. The zero-order valence-corrected chi connectivity index (χ0v) is 11.3. The first-order valence-corrected chi connectivity index (χ1v) is 5.78. The van der Waals surface area contributed by atoms with Crippen LogP contribution in [0, 0.1) is 0 Å². The second-order valence-electron chi connectivity index (χ2n) is 3.44. The number of ether oxygens (including phenoxy) is 1. The molecule has 1 aromatic rings. The molecule has 0 radical (unpaired) electrons. The van der Waals surface area contributed by atoms with Gasteiger partial charge in [0.15, 0.2) is 0 Å². The van der Waals surface area contributed by atoms with Gasteiger partial charge in [-0.25, -0.2) is 4.79 Å². The summed E-state index contributed by atoms with van der Waals surface area (Å²) in [6.07, 6.45) is 2.73. The molecule has 0 aliphatic carbocycles. The summed E-state index contributed by atoms with van der Waals surface area (Å²) in [6.45, 7) is 0.533. The van der Waals surface area contributed by atoms with Crippen molar-refractivity contribution in [3.8, 4) is 5.75 Å². The number of hydrogen-bond donors (Lipinski definition) is 1. The van der Waals surface area contributed by atoms with E-state index in [0.29, 0.717) is 6.54 Å². The number of rotatable bonds is 5. The Morgan fingerprint density at radius 1 is 1.59 bits per heavy atom. The van der Waals surface area contributed by atoms with Gasteiger partial charge in [0.1, 0.15) is 5.75 Å². The molecule has 1 N–H and O–H groups in total. The maximum atomic E-state index is 10.3. The summed E-state index contributed by atoms with van der Waals surface area (Å²) in [5.74, 6) is -0.169. The van der Waals surface area contributed by atoms with E-state index < -0.39 is 5.97 Å². The van der Waals surface area contributed by atoms with Gasteiger partial charge in [-0.1, -0.05) is 6.08 Å². The predicted molar refractivity (Wildman–Crippen MR) is 70.7 cm³/mol. The average molecular weight is 300 g/mol. The standard InChI is InChI=1S/C12H14BrNO3/c1-14(7-3-4-12(15)16)9-5-6-11(17-2)10(13)8-9/h3-6,8H,7H2,1-2H3,(H,15,16)/b4-3+. The maximum Gasteiger partial charge on any atom is 0.328 e. The molecule has 4 nitrogen and oxygen atoms in total. The second kappa shape index (κ2) is 6.30. The van der Waals surface area contributed by atoms with Crippen molar-refractivity contribution < 1.29 is 14.6 Å². The number of anilines is 1. The number of hydrogen-bond acceptors (Lipinski definition) is 3. The lowest BCUT2D eigenvalue weighted by Gasteiger charge is -2.18. The number of methoxy groups -OCH3 is 1. The summed E-state index contributed by atoms with van der Waals surface area (Å²) in [5.41, 5.74) is 0.979. The summed E-state index contributed by atoms with van der Waals surface area (Å²) in [4.78, 5) is 12.3. The number of carboxylic acids is 1. The number of aliphatic carboxylic acids is 1. The molecule has 1 aromatic carbocycles. The van der Waals surface area contributed by atoms with Gasteiger partial charge >= 0.3 is 5.97 Å². The van der Waals surface area contributed by atoms with E-state index in [1.165, 1.54) is 0 Å². The molecular formula is C12H14BrNO3. The highest BCUT2D eigenvalue weighted by Gasteiger charge is 2.04. The molecule has 1 rings (SSSR count). The Kier molecular flexibility index (Phi) is 5.03. The first kappa shape index (κ1) is 13.6. The van der Waals surface area contributed by atoms with Crippen LogP contribution in [0.25, 0.3) is 0 Å². The largest absolute Gasteiger partial charge is 0.496 e. The van der Waals surface area contributed by atoms with Gasteiger partial charge in [-0.05, 0) is 34.1 Å². The minimum absolute atomic E-state index is 0.533. The highest BCUT2D eigenvalue weighted by molar-refractivity contribution is 9.10. The summed E-state index contributed by atoms with van der Waals surface area (Å²) in [7, 11) is 3.50. The normalized spacial score (nSPS) is 10.5. The van der Waals surface area contributed by atoms with E-state index in [1.54, 1.807) is 13.2 Å². The van der Waals surface area contributed by atoms with Crippen molar-refractivity contribution in [2.24, 2.45) is 0 Å². The van der Waals surface area contributed by atoms with Crippen molar-refractivity contribution in [2.75, 3.05) is 25.6 Å². The lowest BCUT2D eigenvalue weighted by molar-refractivity contribution is -0.131. The highest BCUT2D eigenvalue weighted by atomic mass is 79.9. The summed E-state index contributed by atoms with van der Waals surface area (Å²) in [6, 6.07) is 5.70. The van der Waals surface area contributed by atoms with E-state index in [4.69, 9.17) is 9.84 Å². The van der Waals surface area contributed by atoms with Crippen LogP contribution in [-0.4, -0.2) is 31.8 Å². The molecule has 0 heterocycles. The van der Waals surface area contributed by atoms with Crippen LogP contribution < -0.4 is 9.64 Å². The van der Waals surface area contributed by atoms with Gasteiger partial charge in [-0.15, -0.1) is 0 Å². The Labute approximate surface area is 109 Å². The van der Waals surface area contributed by atoms with E-state index in [1.807, 2.05) is 30.1 Å². The van der Waals surface area contributed by atoms with Gasteiger partial charge < -0.3 is 14.7 Å². The average Bonchev–Trinajstić information content (AvgIpc) is 2.28. The van der Waals surface area contributed by atoms with Crippen molar-refractivity contribution in [1.29, 1.82) is 0 Å². The molecule has 0 aliphatic rings. The van der Waals surface area contributed by atoms with Gasteiger partial charge in [0.2, 0.25) is 0 Å². The molecule has 0 aromatic heterocycles. The van der Waals surface area contributed by atoms with Crippen molar-refractivity contribution >= 4 is 27.6 Å². The van der Waals surface area contributed by atoms with E-state index in [-0.39, 0.29) is 0 Å². The molecule has 92 valence electrons. The lowest BCUT2D eigenvalue weighted by Crippen LogP contribution is -2.16. The zero-order valence-electron chi connectivity index (χ0n) is 9.68. The number of carbonyl (C=O) groups is 1. The van der Waals surface area contributed by atoms with Gasteiger partial charge in [0.25, 0.3) is 0 Å². The molecule has 5 heteroatoms. The quantitative estimate of drug-likeness (QED) is 0.849. The molecule has 0 atom stereocenters. The topological polar surface area (TPSA) is 49.8 Å². The molecule has 0 saturated heterocycles. The fourth-order valence-electron chi connectivity index (χ4n) is 1.31. The molecule has 0 saturated carbocycles. The monoisotopic (exact) mass is 299 g/mol. The smallest absolute Gasteiger partial charge is 0.328 e. The number of carboxylic acid groups (broad SMARTS) is 1. The van der Waals surface area contributed by atoms with E-state index >= 15 is 0 Å². The highest BCUT2D eigenvalue weighted by Crippen LogP contribution is 2.28. The molecule has 17 heavy (non-hydrogen) atoms. The number of likely N-dealkylation sites (N-methyl/N-ethyl adjacent to an activating group) is 1. The fourth-order valence-corrected chi connectivity index (χ4v) is 1.84. The first-order valence-electron chi connectivity index (χ1n) is 4.98. The molecule has 0 aliphatic heterocycles. The molecule has 0 amide bonds. The number of nitrogens with zero attached hydrogens (tertiary/aromatic N) is 1. The Morgan fingerprint density at radius 3 is 2.82 bits per heavy atom. The van der Waals surface area contributed by atoms with Crippen LogP contribution >= 0.6 is 15.9 Å². The molecule has 0 spiro atoms. The maximum absolute atomic E-state index is 10.3. The van der Waals surface area contributed by atoms with Gasteiger partial charge in [-0.2, -0.15) is 0 Å².